The van der Waals surface area contributed by atoms with Crippen molar-refractivity contribution in [2.75, 3.05) is 31.4 Å². The first-order valence-corrected chi connectivity index (χ1v) is 13.5. The zero-order chi connectivity index (χ0) is 28.6. The summed E-state index contributed by atoms with van der Waals surface area (Å²) in [4.78, 5) is 27.9. The van der Waals surface area contributed by atoms with Crippen LogP contribution in [0.1, 0.15) is 73.8 Å². The quantitative estimate of drug-likeness (QED) is 0.149. The Hall–Kier alpha value is -3.18. The Morgan fingerprint density at radius 1 is 1.03 bits per heavy atom. The number of carbonyl (C=O) groups excluding carboxylic acids is 2. The Bertz CT molecular complexity index is 1050. The molecule has 0 heterocycles. The molecule has 2 rings (SSSR count). The number of hydroxylamine groups is 1. The smallest absolute Gasteiger partial charge is 0.352 e. The van der Waals surface area contributed by atoms with E-state index in [-0.39, 0.29) is 12.4 Å². The minimum absolute atomic E-state index is 0.0276. The van der Waals surface area contributed by atoms with Crippen molar-refractivity contribution in [1.29, 1.82) is 0 Å². The largest absolute Gasteiger partial charge is 0.508 e. The van der Waals surface area contributed by atoms with Gasteiger partial charge in [0.25, 0.3) is 0 Å². The highest BCUT2D eigenvalue weighted by Crippen LogP contribution is 2.23. The number of aliphatic hydroxyl groups is 2. The molecule has 0 aliphatic heterocycles. The number of nitrogens with two attached hydrogens (primary N) is 1. The van der Waals surface area contributed by atoms with Crippen LogP contribution in [-0.4, -0.2) is 53.6 Å². The van der Waals surface area contributed by atoms with Gasteiger partial charge in [0.2, 0.25) is 0 Å². The number of primary amides is 1. The van der Waals surface area contributed by atoms with Crippen LogP contribution in [0.5, 0.6) is 5.75 Å². The molecule has 0 aromatic heterocycles. The van der Waals surface area contributed by atoms with Gasteiger partial charge in [0, 0.05) is 32.2 Å². The molecule has 10 heteroatoms. The van der Waals surface area contributed by atoms with E-state index in [0.717, 1.165) is 74.3 Å². The van der Waals surface area contributed by atoms with E-state index in [1.54, 1.807) is 24.3 Å². The lowest BCUT2D eigenvalue weighted by molar-refractivity contribution is -0.141. The summed E-state index contributed by atoms with van der Waals surface area (Å²) in [6, 6.07) is 9.49. The van der Waals surface area contributed by atoms with Gasteiger partial charge in [0.15, 0.2) is 0 Å². The van der Waals surface area contributed by atoms with Crippen LogP contribution < -0.4 is 16.1 Å². The molecule has 2 aromatic rings. The number of phenols is 1. The van der Waals surface area contributed by atoms with Crippen LogP contribution in [0.4, 0.5) is 10.5 Å². The van der Waals surface area contributed by atoms with Gasteiger partial charge in [-0.25, -0.2) is 9.59 Å². The highest BCUT2D eigenvalue weighted by Gasteiger charge is 2.17. The SMILES string of the molecule is CC(=O)ON(C(N)=O)c1cc(C)cc(CCCCOCCCCCCNC[C@@H](O)c2ccc(O)c(CO)c2)c1. The lowest BCUT2D eigenvalue weighted by atomic mass is 10.0. The van der Waals surface area contributed by atoms with Gasteiger partial charge in [0.1, 0.15) is 5.75 Å². The Labute approximate surface area is 230 Å². The lowest BCUT2D eigenvalue weighted by Crippen LogP contribution is -2.37. The molecule has 0 radical (unpaired) electrons. The number of benzene rings is 2. The first-order valence-electron chi connectivity index (χ1n) is 13.5. The van der Waals surface area contributed by atoms with Gasteiger partial charge < -0.3 is 35.9 Å². The van der Waals surface area contributed by atoms with Gasteiger partial charge in [-0.2, -0.15) is 0 Å². The summed E-state index contributed by atoms with van der Waals surface area (Å²) in [6.07, 6.45) is 6.12. The van der Waals surface area contributed by atoms with Crippen molar-refractivity contribution in [3.05, 3.63) is 58.7 Å². The Balaban J connectivity index is 1.52. The average Bonchev–Trinajstić information content (AvgIpc) is 2.89. The molecular formula is C29H43N3O7. The van der Waals surface area contributed by atoms with Crippen molar-refractivity contribution in [1.82, 2.24) is 5.32 Å². The third-order valence-corrected chi connectivity index (χ3v) is 6.17. The van der Waals surface area contributed by atoms with Crippen molar-refractivity contribution in [2.24, 2.45) is 5.73 Å². The molecule has 0 aliphatic rings. The van der Waals surface area contributed by atoms with Gasteiger partial charge in [-0.1, -0.05) is 25.0 Å². The average molecular weight is 546 g/mol. The molecule has 2 aromatic carbocycles. The van der Waals surface area contributed by atoms with E-state index in [0.29, 0.717) is 30.0 Å². The van der Waals surface area contributed by atoms with Crippen LogP contribution >= 0.6 is 0 Å². The third kappa shape index (κ3) is 12.0. The second-order valence-electron chi connectivity index (χ2n) is 9.64. The van der Waals surface area contributed by atoms with E-state index in [1.807, 2.05) is 13.0 Å². The number of anilines is 1. The summed E-state index contributed by atoms with van der Waals surface area (Å²) >= 11 is 0. The minimum Gasteiger partial charge on any atom is -0.508 e. The number of aliphatic hydroxyl groups excluding tert-OH is 2. The Kier molecular flexibility index (Phi) is 14.3. The number of ether oxygens (including phenoxy) is 1. The summed E-state index contributed by atoms with van der Waals surface area (Å²) in [5, 5.41) is 33.2. The van der Waals surface area contributed by atoms with Gasteiger partial charge >= 0.3 is 12.0 Å². The lowest BCUT2D eigenvalue weighted by Gasteiger charge is -2.19. The van der Waals surface area contributed by atoms with Crippen LogP contribution in [0.2, 0.25) is 0 Å². The molecule has 0 saturated carbocycles. The third-order valence-electron chi connectivity index (χ3n) is 6.17. The number of nitrogens with one attached hydrogen (secondary N) is 1. The summed E-state index contributed by atoms with van der Waals surface area (Å²) < 4.78 is 5.76. The number of carbonyl (C=O) groups is 2. The molecule has 0 aliphatic carbocycles. The van der Waals surface area contributed by atoms with E-state index < -0.39 is 18.1 Å². The first-order chi connectivity index (χ1) is 18.7. The maximum Gasteiger partial charge on any atom is 0.352 e. The number of urea groups is 1. The number of aromatic hydroxyl groups is 1. The molecular weight excluding hydrogens is 502 g/mol. The van der Waals surface area contributed by atoms with E-state index >= 15 is 0 Å². The molecule has 0 fully saturated rings. The molecule has 0 unspecified atom stereocenters. The van der Waals surface area contributed by atoms with Crippen LogP contribution in [-0.2, 0) is 27.4 Å². The Morgan fingerprint density at radius 2 is 1.74 bits per heavy atom. The van der Waals surface area contributed by atoms with E-state index in [2.05, 4.69) is 5.32 Å². The maximum atomic E-state index is 11.7. The second-order valence-corrected chi connectivity index (χ2v) is 9.64. The summed E-state index contributed by atoms with van der Waals surface area (Å²) in [7, 11) is 0. The van der Waals surface area contributed by atoms with Crippen LogP contribution in [0.15, 0.2) is 36.4 Å². The van der Waals surface area contributed by atoms with Gasteiger partial charge in [-0.3, -0.25) is 0 Å². The normalized spacial score (nSPS) is 11.8. The fraction of sp³-hybridized carbons (Fsp3) is 0.517. The van der Waals surface area contributed by atoms with E-state index in [9.17, 15) is 24.9 Å². The van der Waals surface area contributed by atoms with Crippen molar-refractivity contribution >= 4 is 17.7 Å². The molecule has 0 bridgehead atoms. The molecule has 0 saturated heterocycles. The monoisotopic (exact) mass is 545 g/mol. The van der Waals surface area contributed by atoms with E-state index in [1.165, 1.54) is 13.0 Å². The van der Waals surface area contributed by atoms with Gasteiger partial charge in [-0.05, 0) is 86.5 Å². The molecule has 39 heavy (non-hydrogen) atoms. The summed E-state index contributed by atoms with van der Waals surface area (Å²) in [5.41, 5.74) is 8.83. The first kappa shape index (κ1) is 32.0. The van der Waals surface area contributed by atoms with Crippen molar-refractivity contribution in [3.63, 3.8) is 0 Å². The Morgan fingerprint density at radius 3 is 2.44 bits per heavy atom. The molecule has 1 atom stereocenters. The fourth-order valence-corrected chi connectivity index (χ4v) is 4.19. The summed E-state index contributed by atoms with van der Waals surface area (Å²) in [6.45, 7) is 5.50. The highest BCUT2D eigenvalue weighted by molar-refractivity contribution is 5.90. The summed E-state index contributed by atoms with van der Waals surface area (Å²) in [5.74, 6) is -0.592. The van der Waals surface area contributed by atoms with Crippen molar-refractivity contribution in [3.8, 4) is 5.75 Å². The number of hydrogen-bond acceptors (Lipinski definition) is 8. The molecule has 6 N–H and O–H groups in total. The number of unbranched alkanes of at least 4 members (excludes halogenated alkanes) is 4. The topological polar surface area (TPSA) is 155 Å². The molecule has 10 nitrogen and oxygen atoms in total. The predicted octanol–water partition coefficient (Wildman–Crippen LogP) is 3.78. The van der Waals surface area contributed by atoms with E-state index in [4.69, 9.17) is 15.3 Å². The van der Waals surface area contributed by atoms with Crippen molar-refractivity contribution in [2.45, 2.75) is 71.5 Å². The zero-order valence-electron chi connectivity index (χ0n) is 23.0. The van der Waals surface area contributed by atoms with Gasteiger partial charge in [0.05, 0.1) is 18.4 Å². The van der Waals surface area contributed by atoms with Gasteiger partial charge in [-0.15, -0.1) is 5.06 Å². The van der Waals surface area contributed by atoms with Crippen LogP contribution in [0.25, 0.3) is 0 Å². The molecule has 0 spiro atoms. The maximum absolute atomic E-state index is 11.7. The second kappa shape index (κ2) is 17.4. The molecule has 2 amide bonds. The number of amides is 2. The van der Waals surface area contributed by atoms with Crippen LogP contribution in [0.3, 0.4) is 0 Å². The minimum atomic E-state index is -0.853. The van der Waals surface area contributed by atoms with Crippen molar-refractivity contribution < 1.29 is 34.5 Å². The number of nitrogens with zero attached hydrogens (tertiary/aromatic N) is 1. The zero-order valence-corrected chi connectivity index (χ0v) is 23.0. The highest BCUT2D eigenvalue weighted by atomic mass is 16.7. The van der Waals surface area contributed by atoms with Crippen LogP contribution in [0, 0.1) is 6.92 Å². The standard InChI is InChI=1S/C29H43N3O7/c1-21-15-23(17-26(16-21)32(29(30)37)39-22(2)34)9-5-8-14-38-13-7-4-3-6-12-31-19-28(36)24-10-11-27(35)25(18-24)20-33/h10-11,15-18,28,31,33,35-36H,3-9,12-14,19-20H2,1-2H3,(H2,30,37)/t28-/m1/s1. The number of aryl methyl sites for hydroxylation is 2. The fourth-order valence-electron chi connectivity index (χ4n) is 4.19. The predicted molar refractivity (Wildman–Crippen MR) is 149 cm³/mol. The number of hydrogen-bond donors (Lipinski definition) is 5. The number of rotatable bonds is 17. The molecule has 216 valence electrons.